The Morgan fingerprint density at radius 3 is 2.50 bits per heavy atom. The molecular weight excluding hydrogens is 343 g/mol. The van der Waals surface area contributed by atoms with Crippen LogP contribution in [0, 0.1) is 5.82 Å². The van der Waals surface area contributed by atoms with E-state index in [1.807, 2.05) is 0 Å². The Labute approximate surface area is 149 Å². The number of ether oxygens (including phenoxy) is 5. The van der Waals surface area contributed by atoms with Gasteiger partial charge in [0.25, 0.3) is 0 Å². The molecule has 0 N–H and O–H groups in total. The highest BCUT2D eigenvalue weighted by molar-refractivity contribution is 6.07. The smallest absolute Gasteiger partial charge is 0.231 e. The predicted molar refractivity (Wildman–Crippen MR) is 92.0 cm³/mol. The molecule has 0 atom stereocenters. The summed E-state index contributed by atoms with van der Waals surface area (Å²) in [5.74, 6) is 0.866. The molecular formula is C19H17FO6. The van der Waals surface area contributed by atoms with Crippen molar-refractivity contribution in [1.29, 1.82) is 0 Å². The van der Waals surface area contributed by atoms with Crippen LogP contribution < -0.4 is 23.7 Å². The van der Waals surface area contributed by atoms with Crippen LogP contribution in [-0.4, -0.2) is 33.9 Å². The molecule has 2 aromatic carbocycles. The van der Waals surface area contributed by atoms with Crippen molar-refractivity contribution in [2.45, 2.75) is 0 Å². The van der Waals surface area contributed by atoms with Crippen LogP contribution in [-0.2, 0) is 0 Å². The van der Waals surface area contributed by atoms with Gasteiger partial charge in [0.1, 0.15) is 11.6 Å². The Hall–Kier alpha value is -3.22. The number of carbonyl (C=O) groups is 1. The topological polar surface area (TPSA) is 63.2 Å². The van der Waals surface area contributed by atoms with Crippen molar-refractivity contribution in [2.24, 2.45) is 0 Å². The van der Waals surface area contributed by atoms with E-state index in [9.17, 15) is 9.18 Å². The normalized spacial score (nSPS) is 12.3. The van der Waals surface area contributed by atoms with Gasteiger partial charge in [0, 0.05) is 11.6 Å². The maximum absolute atomic E-state index is 14.0. The van der Waals surface area contributed by atoms with E-state index in [1.165, 1.54) is 45.6 Å². The fourth-order valence-corrected chi connectivity index (χ4v) is 2.60. The van der Waals surface area contributed by atoms with E-state index >= 15 is 0 Å². The molecule has 0 amide bonds. The van der Waals surface area contributed by atoms with Crippen LogP contribution in [0.3, 0.4) is 0 Å². The highest BCUT2D eigenvalue weighted by Gasteiger charge is 2.26. The highest BCUT2D eigenvalue weighted by Crippen LogP contribution is 2.49. The zero-order valence-electron chi connectivity index (χ0n) is 14.5. The van der Waals surface area contributed by atoms with Crippen LogP contribution in [0.5, 0.6) is 28.7 Å². The number of rotatable bonds is 6. The summed E-state index contributed by atoms with van der Waals surface area (Å²) in [6, 6.07) is 5.71. The number of hydrogen-bond donors (Lipinski definition) is 0. The van der Waals surface area contributed by atoms with Gasteiger partial charge >= 0.3 is 0 Å². The Morgan fingerprint density at radius 2 is 1.85 bits per heavy atom. The zero-order chi connectivity index (χ0) is 18.7. The van der Waals surface area contributed by atoms with Crippen molar-refractivity contribution < 1.29 is 32.9 Å². The van der Waals surface area contributed by atoms with Crippen LogP contribution in [0.4, 0.5) is 4.39 Å². The Bertz CT molecular complexity index is 875. The van der Waals surface area contributed by atoms with Crippen LogP contribution in [0.2, 0.25) is 0 Å². The molecule has 2 aromatic rings. The lowest BCUT2D eigenvalue weighted by atomic mass is 10.1. The molecule has 0 fully saturated rings. The van der Waals surface area contributed by atoms with Gasteiger partial charge < -0.3 is 23.7 Å². The largest absolute Gasteiger partial charge is 0.497 e. The van der Waals surface area contributed by atoms with E-state index in [0.717, 1.165) is 6.07 Å². The highest BCUT2D eigenvalue weighted by atomic mass is 19.1. The van der Waals surface area contributed by atoms with Crippen LogP contribution in [0.15, 0.2) is 30.3 Å². The summed E-state index contributed by atoms with van der Waals surface area (Å²) in [5, 5.41) is 0. The fourth-order valence-electron chi connectivity index (χ4n) is 2.60. The lowest BCUT2D eigenvalue weighted by molar-refractivity contribution is 0.104. The molecule has 0 spiro atoms. The second-order valence-electron chi connectivity index (χ2n) is 5.31. The van der Waals surface area contributed by atoms with Crippen molar-refractivity contribution in [3.63, 3.8) is 0 Å². The maximum atomic E-state index is 14.0. The van der Waals surface area contributed by atoms with Crippen molar-refractivity contribution in [2.75, 3.05) is 28.1 Å². The first-order valence-electron chi connectivity index (χ1n) is 7.69. The number of benzene rings is 2. The predicted octanol–water partition coefficient (Wildman–Crippen LogP) is 3.48. The van der Waals surface area contributed by atoms with E-state index in [2.05, 4.69) is 0 Å². The SMILES string of the molecule is COc1ccc(C(=O)/C=C/c2cc(OC)c3c(c2OC)OCO3)c(F)c1. The minimum Gasteiger partial charge on any atom is -0.497 e. The van der Waals surface area contributed by atoms with Gasteiger partial charge in [-0.05, 0) is 30.4 Å². The summed E-state index contributed by atoms with van der Waals surface area (Å²) < 4.78 is 40.4. The van der Waals surface area contributed by atoms with Crippen LogP contribution in [0.1, 0.15) is 15.9 Å². The third-order valence-corrected chi connectivity index (χ3v) is 3.87. The van der Waals surface area contributed by atoms with Gasteiger partial charge in [-0.1, -0.05) is 0 Å². The van der Waals surface area contributed by atoms with Gasteiger partial charge in [-0.3, -0.25) is 4.79 Å². The molecule has 26 heavy (non-hydrogen) atoms. The average Bonchev–Trinajstić information content (AvgIpc) is 3.14. The summed E-state index contributed by atoms with van der Waals surface area (Å²) in [7, 11) is 4.40. The van der Waals surface area contributed by atoms with E-state index in [-0.39, 0.29) is 12.4 Å². The van der Waals surface area contributed by atoms with Crippen molar-refractivity contribution in [3.05, 3.63) is 47.3 Å². The Balaban J connectivity index is 1.94. The third kappa shape index (κ3) is 3.15. The number of halogens is 1. The maximum Gasteiger partial charge on any atom is 0.231 e. The summed E-state index contributed by atoms with van der Waals surface area (Å²) in [4.78, 5) is 12.3. The van der Waals surface area contributed by atoms with E-state index in [0.29, 0.717) is 34.3 Å². The molecule has 7 heteroatoms. The minimum atomic E-state index is -0.658. The minimum absolute atomic E-state index is 0.0468. The molecule has 6 nitrogen and oxygen atoms in total. The number of ketones is 1. The molecule has 0 saturated heterocycles. The van der Waals surface area contributed by atoms with Gasteiger partial charge in [0.15, 0.2) is 17.3 Å². The first-order valence-corrected chi connectivity index (χ1v) is 7.69. The van der Waals surface area contributed by atoms with Crippen molar-refractivity contribution in [3.8, 4) is 28.7 Å². The summed E-state index contributed by atoms with van der Waals surface area (Å²) in [6.45, 7) is 0.0468. The van der Waals surface area contributed by atoms with Crippen LogP contribution in [0.25, 0.3) is 6.08 Å². The standard InChI is InChI=1S/C19H17FO6/c1-22-12-5-6-13(14(20)9-12)15(21)7-4-11-8-16(23-2)18-19(17(11)24-3)26-10-25-18/h4-9H,10H2,1-3H3/b7-4+. The van der Waals surface area contributed by atoms with Crippen molar-refractivity contribution >= 4 is 11.9 Å². The second-order valence-corrected chi connectivity index (χ2v) is 5.31. The summed E-state index contributed by atoms with van der Waals surface area (Å²) >= 11 is 0. The monoisotopic (exact) mass is 360 g/mol. The first-order chi connectivity index (χ1) is 12.6. The van der Waals surface area contributed by atoms with E-state index in [4.69, 9.17) is 23.7 Å². The summed E-state index contributed by atoms with van der Waals surface area (Å²) in [6.07, 6.45) is 2.76. The number of fused-ring (bicyclic) bond motifs is 1. The first kappa shape index (κ1) is 17.6. The Kier molecular flexibility index (Phi) is 4.97. The molecule has 3 rings (SSSR count). The lowest BCUT2D eigenvalue weighted by Crippen LogP contribution is -1.99. The van der Waals surface area contributed by atoms with Gasteiger partial charge in [-0.15, -0.1) is 0 Å². The number of allylic oxidation sites excluding steroid dienone is 1. The zero-order valence-corrected chi connectivity index (χ0v) is 14.5. The molecule has 0 aliphatic carbocycles. The molecule has 0 radical (unpaired) electrons. The number of carbonyl (C=O) groups excluding carboxylic acids is 1. The van der Waals surface area contributed by atoms with Gasteiger partial charge in [0.05, 0.1) is 26.9 Å². The van der Waals surface area contributed by atoms with E-state index < -0.39 is 11.6 Å². The fraction of sp³-hybridized carbons (Fsp3) is 0.211. The van der Waals surface area contributed by atoms with Gasteiger partial charge in [-0.25, -0.2) is 4.39 Å². The molecule has 0 aromatic heterocycles. The third-order valence-electron chi connectivity index (χ3n) is 3.87. The molecule has 1 aliphatic rings. The molecule has 1 heterocycles. The molecule has 0 saturated carbocycles. The average molecular weight is 360 g/mol. The number of hydrogen-bond acceptors (Lipinski definition) is 6. The number of methoxy groups -OCH3 is 3. The second kappa shape index (κ2) is 7.35. The molecule has 1 aliphatic heterocycles. The van der Waals surface area contributed by atoms with Crippen LogP contribution >= 0.6 is 0 Å². The van der Waals surface area contributed by atoms with E-state index in [1.54, 1.807) is 6.07 Å². The summed E-state index contributed by atoms with van der Waals surface area (Å²) in [5.41, 5.74) is 0.476. The quantitative estimate of drug-likeness (QED) is 0.581. The van der Waals surface area contributed by atoms with Gasteiger partial charge in [-0.2, -0.15) is 0 Å². The lowest BCUT2D eigenvalue weighted by Gasteiger charge is -2.11. The molecule has 0 unspecified atom stereocenters. The molecule has 136 valence electrons. The molecule has 0 bridgehead atoms. The Morgan fingerprint density at radius 1 is 1.08 bits per heavy atom. The van der Waals surface area contributed by atoms with Crippen molar-refractivity contribution in [1.82, 2.24) is 0 Å². The van der Waals surface area contributed by atoms with Gasteiger partial charge in [0.2, 0.25) is 18.3 Å².